The fraction of sp³-hybridized carbons (Fsp3) is 0.231. The molecule has 3 aromatic heterocycles. The second-order valence-corrected chi connectivity index (χ2v) is 9.65. The number of nitrogens with zero attached hydrogens (tertiary/aromatic N) is 4. The number of phenolic OH excluding ortho intramolecular Hbond substituents is 1. The predicted molar refractivity (Wildman–Crippen MR) is 165 cm³/mol. The van der Waals surface area contributed by atoms with E-state index in [-0.39, 0.29) is 64.8 Å². The number of halogens is 5. The first-order valence-corrected chi connectivity index (χ1v) is 12.3. The number of nitrogens with two attached hydrogens (primary N) is 1. The molecule has 0 amide bonds. The number of hydrogen-bond acceptors (Lipinski definition) is 8. The van der Waals surface area contributed by atoms with E-state index in [2.05, 4.69) is 20.2 Å². The van der Waals surface area contributed by atoms with Gasteiger partial charge in [0, 0.05) is 30.9 Å². The first-order chi connectivity index (χ1) is 17.3. The lowest BCUT2D eigenvalue weighted by molar-refractivity contribution is 0.101. The maximum Gasteiger partial charge on any atom is 0.163 e. The number of fused-ring (bicyclic) bond motifs is 1. The maximum atomic E-state index is 12.5. The monoisotopic (exact) mass is 630 g/mol. The molecule has 1 aliphatic heterocycles. The molecule has 1 aliphatic rings. The SMILES string of the molecule is CC(=O)c1cnc2ccc(-c3cc(Cl)c(O)c(Cl)c3)nc2c1Nc1ccc(N2CCC[C@H](N)C2)nc1.Cl.Cl.Cl. The van der Waals surface area contributed by atoms with Gasteiger partial charge in [0.2, 0.25) is 0 Å². The van der Waals surface area contributed by atoms with Gasteiger partial charge in [-0.25, -0.2) is 9.97 Å². The number of aromatic hydroxyl groups is 1. The van der Waals surface area contributed by atoms with Gasteiger partial charge in [0.05, 0.1) is 44.4 Å². The van der Waals surface area contributed by atoms with E-state index in [1.165, 1.54) is 6.92 Å². The number of benzene rings is 1. The van der Waals surface area contributed by atoms with Crippen LogP contribution in [0.1, 0.15) is 30.1 Å². The minimum absolute atomic E-state index is 0. The van der Waals surface area contributed by atoms with Crippen LogP contribution in [0.25, 0.3) is 22.3 Å². The van der Waals surface area contributed by atoms with Crippen LogP contribution >= 0.6 is 60.4 Å². The van der Waals surface area contributed by atoms with Gasteiger partial charge in [-0.3, -0.25) is 9.78 Å². The molecule has 8 nitrogen and oxygen atoms in total. The topological polar surface area (TPSA) is 117 Å². The molecule has 0 unspecified atom stereocenters. The van der Waals surface area contributed by atoms with Crippen LogP contribution in [0.3, 0.4) is 0 Å². The Balaban J connectivity index is 0.00000178. The van der Waals surface area contributed by atoms with Crippen LogP contribution in [0.15, 0.2) is 48.8 Å². The Morgan fingerprint density at radius 1 is 1.08 bits per heavy atom. The maximum absolute atomic E-state index is 12.5. The minimum Gasteiger partial charge on any atom is -0.505 e. The zero-order chi connectivity index (χ0) is 25.4. The third-order valence-electron chi connectivity index (χ3n) is 6.20. The van der Waals surface area contributed by atoms with E-state index in [1.807, 2.05) is 18.2 Å². The van der Waals surface area contributed by atoms with Gasteiger partial charge in [-0.2, -0.15) is 0 Å². The Kier molecular flexibility index (Phi) is 11.4. The molecule has 5 rings (SSSR count). The number of hydrogen-bond donors (Lipinski definition) is 3. The number of rotatable bonds is 5. The smallest absolute Gasteiger partial charge is 0.163 e. The van der Waals surface area contributed by atoms with Crippen molar-refractivity contribution in [1.82, 2.24) is 15.0 Å². The Morgan fingerprint density at radius 3 is 2.41 bits per heavy atom. The van der Waals surface area contributed by atoms with Crippen molar-refractivity contribution in [3.05, 3.63) is 64.4 Å². The molecule has 0 bridgehead atoms. The molecule has 0 aliphatic carbocycles. The standard InChI is InChI=1S/C26H24Cl2N6O2.3ClH/c1-14(35)18-12-30-22-6-5-21(15-9-19(27)26(36)20(28)10-15)33-25(22)24(18)32-17-4-7-23(31-11-17)34-8-2-3-16(29)13-34;;;/h4-7,9-12,16,36H,2-3,8,13,29H2,1H3,(H,30,32);3*1H/t16-;;;/m0.../s1. The third-order valence-corrected chi connectivity index (χ3v) is 6.78. The lowest BCUT2D eigenvalue weighted by Crippen LogP contribution is -2.43. The average Bonchev–Trinajstić information content (AvgIpc) is 2.87. The van der Waals surface area contributed by atoms with Gasteiger partial charge < -0.3 is 21.1 Å². The summed E-state index contributed by atoms with van der Waals surface area (Å²) in [5, 5.41) is 13.5. The van der Waals surface area contributed by atoms with Gasteiger partial charge in [-0.1, -0.05) is 23.2 Å². The van der Waals surface area contributed by atoms with Gasteiger partial charge in [-0.15, -0.1) is 37.2 Å². The number of anilines is 3. The quantitative estimate of drug-likeness (QED) is 0.205. The molecular weight excluding hydrogens is 606 g/mol. The summed E-state index contributed by atoms with van der Waals surface area (Å²) >= 11 is 12.2. The summed E-state index contributed by atoms with van der Waals surface area (Å²) in [7, 11) is 0. The van der Waals surface area contributed by atoms with E-state index in [4.69, 9.17) is 33.9 Å². The van der Waals surface area contributed by atoms with Crippen molar-refractivity contribution in [2.45, 2.75) is 25.8 Å². The van der Waals surface area contributed by atoms with Crippen molar-refractivity contribution in [2.75, 3.05) is 23.3 Å². The molecule has 1 saturated heterocycles. The largest absolute Gasteiger partial charge is 0.505 e. The molecule has 1 aromatic carbocycles. The molecular formula is C26H27Cl5N6O2. The van der Waals surface area contributed by atoms with Crippen LogP contribution in [0.4, 0.5) is 17.2 Å². The number of piperidine rings is 1. The number of ketones is 1. The fourth-order valence-electron chi connectivity index (χ4n) is 4.34. The normalized spacial score (nSPS) is 14.6. The van der Waals surface area contributed by atoms with Crippen LogP contribution in [0.2, 0.25) is 10.0 Å². The zero-order valence-corrected chi connectivity index (χ0v) is 24.7. The summed E-state index contributed by atoms with van der Waals surface area (Å²) in [6.07, 6.45) is 5.34. The molecule has 4 heterocycles. The van der Waals surface area contributed by atoms with Gasteiger partial charge in [0.1, 0.15) is 11.3 Å². The van der Waals surface area contributed by atoms with Crippen molar-refractivity contribution >= 4 is 94.4 Å². The van der Waals surface area contributed by atoms with Gasteiger partial charge in [-0.05, 0) is 56.2 Å². The van der Waals surface area contributed by atoms with E-state index >= 15 is 0 Å². The Bertz CT molecular complexity index is 1450. The number of phenols is 1. The Labute approximate surface area is 254 Å². The van der Waals surface area contributed by atoms with Crippen molar-refractivity contribution in [3.8, 4) is 17.0 Å². The highest BCUT2D eigenvalue weighted by atomic mass is 35.5. The highest BCUT2D eigenvalue weighted by Gasteiger charge is 2.19. The zero-order valence-electron chi connectivity index (χ0n) is 20.7. The van der Waals surface area contributed by atoms with E-state index in [1.54, 1.807) is 30.6 Å². The van der Waals surface area contributed by atoms with Crippen LogP contribution in [0.5, 0.6) is 5.75 Å². The van der Waals surface area contributed by atoms with Crippen molar-refractivity contribution in [3.63, 3.8) is 0 Å². The summed E-state index contributed by atoms with van der Waals surface area (Å²) in [6.45, 7) is 3.19. The summed E-state index contributed by atoms with van der Waals surface area (Å²) < 4.78 is 0. The molecule has 0 radical (unpaired) electrons. The van der Waals surface area contributed by atoms with Crippen LogP contribution < -0.4 is 16.0 Å². The van der Waals surface area contributed by atoms with Crippen molar-refractivity contribution in [2.24, 2.45) is 5.73 Å². The van der Waals surface area contributed by atoms with Crippen LogP contribution in [-0.2, 0) is 0 Å². The molecule has 0 spiro atoms. The number of pyridine rings is 3. The molecule has 1 atom stereocenters. The number of carbonyl (C=O) groups excluding carboxylic acids is 1. The molecule has 208 valence electrons. The average molecular weight is 633 g/mol. The summed E-state index contributed by atoms with van der Waals surface area (Å²) in [5.41, 5.74) is 10.0. The lowest BCUT2D eigenvalue weighted by atomic mass is 10.1. The molecule has 0 saturated carbocycles. The van der Waals surface area contributed by atoms with Gasteiger partial charge in [0.15, 0.2) is 11.5 Å². The fourth-order valence-corrected chi connectivity index (χ4v) is 4.83. The van der Waals surface area contributed by atoms with E-state index < -0.39 is 0 Å². The summed E-state index contributed by atoms with van der Waals surface area (Å²) in [6, 6.07) is 10.8. The van der Waals surface area contributed by atoms with Crippen LogP contribution in [-0.4, -0.2) is 45.0 Å². The van der Waals surface area contributed by atoms with Crippen molar-refractivity contribution < 1.29 is 9.90 Å². The predicted octanol–water partition coefficient (Wildman–Crippen LogP) is 6.84. The Morgan fingerprint density at radius 2 is 1.79 bits per heavy atom. The number of aromatic nitrogens is 3. The van der Waals surface area contributed by atoms with E-state index in [0.29, 0.717) is 39.2 Å². The Hall–Kier alpha value is -2.59. The first-order valence-electron chi connectivity index (χ1n) is 11.5. The second-order valence-electron chi connectivity index (χ2n) is 8.83. The number of nitrogens with one attached hydrogen (secondary N) is 1. The minimum atomic E-state index is -0.187. The van der Waals surface area contributed by atoms with E-state index in [9.17, 15) is 9.90 Å². The highest BCUT2D eigenvalue weighted by Crippen LogP contribution is 2.37. The third kappa shape index (κ3) is 6.95. The molecule has 4 N–H and O–H groups in total. The van der Waals surface area contributed by atoms with Crippen LogP contribution in [0, 0.1) is 0 Å². The molecule has 1 fully saturated rings. The van der Waals surface area contributed by atoms with Crippen molar-refractivity contribution in [1.29, 1.82) is 0 Å². The summed E-state index contributed by atoms with van der Waals surface area (Å²) in [5.74, 6) is 0.526. The lowest BCUT2D eigenvalue weighted by Gasteiger charge is -2.31. The van der Waals surface area contributed by atoms with E-state index in [0.717, 1.165) is 31.7 Å². The molecule has 4 aromatic rings. The van der Waals surface area contributed by atoms with Gasteiger partial charge in [0.25, 0.3) is 0 Å². The highest BCUT2D eigenvalue weighted by molar-refractivity contribution is 6.37. The second kappa shape index (κ2) is 13.7. The molecule has 39 heavy (non-hydrogen) atoms. The number of carbonyl (C=O) groups is 1. The molecule has 13 heteroatoms. The van der Waals surface area contributed by atoms with Gasteiger partial charge >= 0.3 is 0 Å². The first kappa shape index (κ1) is 32.6. The summed E-state index contributed by atoms with van der Waals surface area (Å²) in [4.78, 5) is 28.5. The number of Topliss-reactive ketones (excluding diaryl/α,β-unsaturated/α-hetero) is 1.